The van der Waals surface area contributed by atoms with Crippen LogP contribution >= 0.6 is 11.6 Å². The Kier molecular flexibility index (Phi) is 5.44. The van der Waals surface area contributed by atoms with Gasteiger partial charge in [-0.3, -0.25) is 0 Å². The molecule has 3 aromatic carbocycles. The molecule has 2 N–H and O–H groups in total. The van der Waals surface area contributed by atoms with Crippen LogP contribution in [0, 0.1) is 0 Å². The maximum absolute atomic E-state index is 12.1. The van der Waals surface area contributed by atoms with Crippen LogP contribution in [0.15, 0.2) is 90.0 Å². The summed E-state index contributed by atoms with van der Waals surface area (Å²) in [5.74, 6) is 0. The normalized spacial score (nSPS) is 9.96. The molecule has 0 bridgehead atoms. The first-order valence-electron chi connectivity index (χ1n) is 7.73. The molecule has 0 spiro atoms. The number of hydrazone groups is 1. The van der Waals surface area contributed by atoms with Crippen molar-refractivity contribution in [2.75, 3.05) is 5.32 Å². The highest BCUT2D eigenvalue weighted by molar-refractivity contribution is 6.30. The number of halogens is 1. The first-order valence-corrected chi connectivity index (χ1v) is 8.11. The third kappa shape index (κ3) is 4.68. The van der Waals surface area contributed by atoms with Gasteiger partial charge in [-0.05, 0) is 24.3 Å². The number of rotatable bonds is 4. The zero-order valence-electron chi connectivity index (χ0n) is 13.3. The van der Waals surface area contributed by atoms with E-state index in [4.69, 9.17) is 11.6 Å². The lowest BCUT2D eigenvalue weighted by Gasteiger charge is -2.09. The Bertz CT molecular complexity index is 821. The molecule has 3 rings (SSSR count). The van der Waals surface area contributed by atoms with Gasteiger partial charge in [-0.15, -0.1) is 0 Å². The molecule has 25 heavy (non-hydrogen) atoms. The van der Waals surface area contributed by atoms with E-state index < -0.39 is 6.03 Å². The Hall–Kier alpha value is -3.11. The SMILES string of the molecule is O=C(NN=C(c1ccccc1)c1ccccc1)Nc1ccc(Cl)cc1. The van der Waals surface area contributed by atoms with E-state index >= 15 is 0 Å². The average Bonchev–Trinajstić information content (AvgIpc) is 2.66. The highest BCUT2D eigenvalue weighted by Crippen LogP contribution is 2.13. The van der Waals surface area contributed by atoms with Crippen molar-refractivity contribution in [3.8, 4) is 0 Å². The average molecular weight is 350 g/mol. The molecule has 0 aromatic heterocycles. The number of nitrogens with zero attached hydrogens (tertiary/aromatic N) is 1. The molecule has 0 radical (unpaired) electrons. The van der Waals surface area contributed by atoms with Gasteiger partial charge in [-0.1, -0.05) is 72.3 Å². The van der Waals surface area contributed by atoms with Crippen LogP contribution in [0.5, 0.6) is 0 Å². The highest BCUT2D eigenvalue weighted by Gasteiger charge is 2.08. The topological polar surface area (TPSA) is 53.5 Å². The Balaban J connectivity index is 1.79. The maximum Gasteiger partial charge on any atom is 0.339 e. The second-order valence-corrected chi connectivity index (χ2v) is 5.70. The molecule has 2 amide bonds. The molecule has 0 aliphatic heterocycles. The predicted molar refractivity (Wildman–Crippen MR) is 102 cm³/mol. The molecule has 124 valence electrons. The summed E-state index contributed by atoms with van der Waals surface area (Å²) in [4.78, 5) is 12.1. The van der Waals surface area contributed by atoms with Crippen molar-refractivity contribution in [1.29, 1.82) is 0 Å². The quantitative estimate of drug-likeness (QED) is 0.510. The van der Waals surface area contributed by atoms with Gasteiger partial charge in [0.25, 0.3) is 0 Å². The van der Waals surface area contributed by atoms with Gasteiger partial charge >= 0.3 is 6.03 Å². The van der Waals surface area contributed by atoms with E-state index in [9.17, 15) is 4.79 Å². The zero-order valence-corrected chi connectivity index (χ0v) is 14.1. The summed E-state index contributed by atoms with van der Waals surface area (Å²) >= 11 is 5.84. The molecule has 0 saturated heterocycles. The molecule has 3 aromatic rings. The minimum Gasteiger partial charge on any atom is -0.307 e. The van der Waals surface area contributed by atoms with Crippen LogP contribution in [-0.2, 0) is 0 Å². The van der Waals surface area contributed by atoms with Crippen LogP contribution in [0.4, 0.5) is 10.5 Å². The molecule has 0 atom stereocenters. The van der Waals surface area contributed by atoms with Gasteiger partial charge < -0.3 is 5.32 Å². The lowest BCUT2D eigenvalue weighted by atomic mass is 10.0. The summed E-state index contributed by atoms with van der Waals surface area (Å²) in [5.41, 5.74) is 5.71. The lowest BCUT2D eigenvalue weighted by Crippen LogP contribution is -2.26. The molecule has 0 aliphatic carbocycles. The van der Waals surface area contributed by atoms with Crippen molar-refractivity contribution >= 4 is 29.0 Å². The van der Waals surface area contributed by atoms with Crippen molar-refractivity contribution in [2.24, 2.45) is 5.10 Å². The monoisotopic (exact) mass is 349 g/mol. The molecular formula is C20H16ClN3O. The highest BCUT2D eigenvalue weighted by atomic mass is 35.5. The third-order valence-electron chi connectivity index (χ3n) is 3.47. The Morgan fingerprint density at radius 2 is 1.28 bits per heavy atom. The minimum atomic E-state index is -0.424. The van der Waals surface area contributed by atoms with Gasteiger partial charge in [0.05, 0.1) is 5.71 Å². The molecule has 0 fully saturated rings. The smallest absolute Gasteiger partial charge is 0.307 e. The van der Waals surface area contributed by atoms with Gasteiger partial charge in [-0.2, -0.15) is 5.10 Å². The van der Waals surface area contributed by atoms with Crippen LogP contribution in [-0.4, -0.2) is 11.7 Å². The third-order valence-corrected chi connectivity index (χ3v) is 3.72. The molecule has 0 saturated carbocycles. The van der Waals surface area contributed by atoms with Crippen molar-refractivity contribution in [2.45, 2.75) is 0 Å². The van der Waals surface area contributed by atoms with Crippen molar-refractivity contribution < 1.29 is 4.79 Å². The number of benzene rings is 3. The van der Waals surface area contributed by atoms with Gasteiger partial charge in [0.15, 0.2) is 0 Å². The number of amides is 2. The largest absolute Gasteiger partial charge is 0.339 e. The van der Waals surface area contributed by atoms with Crippen molar-refractivity contribution in [3.63, 3.8) is 0 Å². The van der Waals surface area contributed by atoms with E-state index in [0.717, 1.165) is 11.1 Å². The fourth-order valence-electron chi connectivity index (χ4n) is 2.29. The van der Waals surface area contributed by atoms with Crippen LogP contribution in [0.2, 0.25) is 5.02 Å². The van der Waals surface area contributed by atoms with Gasteiger partial charge in [0.2, 0.25) is 0 Å². The van der Waals surface area contributed by atoms with Crippen LogP contribution in [0.25, 0.3) is 0 Å². The Morgan fingerprint density at radius 1 is 0.760 bits per heavy atom. The second kappa shape index (κ2) is 8.13. The van der Waals surface area contributed by atoms with E-state index in [1.54, 1.807) is 24.3 Å². The van der Waals surface area contributed by atoms with E-state index in [1.165, 1.54) is 0 Å². The number of urea groups is 1. The first kappa shape index (κ1) is 16.7. The van der Waals surface area contributed by atoms with E-state index in [2.05, 4.69) is 15.8 Å². The fraction of sp³-hybridized carbons (Fsp3) is 0. The van der Waals surface area contributed by atoms with Crippen LogP contribution in [0.1, 0.15) is 11.1 Å². The molecule has 0 heterocycles. The lowest BCUT2D eigenvalue weighted by molar-refractivity contribution is 0.252. The Morgan fingerprint density at radius 3 is 1.80 bits per heavy atom. The number of nitrogens with one attached hydrogen (secondary N) is 2. The number of carbonyl (C=O) groups is 1. The minimum absolute atomic E-state index is 0.424. The first-order chi connectivity index (χ1) is 12.2. The number of hydrogen-bond acceptors (Lipinski definition) is 2. The van der Waals surface area contributed by atoms with Crippen LogP contribution in [0.3, 0.4) is 0 Å². The molecule has 0 unspecified atom stereocenters. The molecule has 5 heteroatoms. The van der Waals surface area contributed by atoms with E-state index in [0.29, 0.717) is 16.4 Å². The zero-order chi connectivity index (χ0) is 17.5. The Labute approximate surface area is 151 Å². The summed E-state index contributed by atoms with van der Waals surface area (Å²) in [7, 11) is 0. The number of anilines is 1. The maximum atomic E-state index is 12.1. The summed E-state index contributed by atoms with van der Waals surface area (Å²) < 4.78 is 0. The fourth-order valence-corrected chi connectivity index (χ4v) is 2.41. The second-order valence-electron chi connectivity index (χ2n) is 5.27. The molecule has 0 aliphatic rings. The van der Waals surface area contributed by atoms with E-state index in [1.807, 2.05) is 60.7 Å². The van der Waals surface area contributed by atoms with E-state index in [-0.39, 0.29) is 0 Å². The van der Waals surface area contributed by atoms with Gasteiger partial charge in [0.1, 0.15) is 0 Å². The van der Waals surface area contributed by atoms with Crippen LogP contribution < -0.4 is 10.7 Å². The summed E-state index contributed by atoms with van der Waals surface area (Å²) in [6.45, 7) is 0. The predicted octanol–water partition coefficient (Wildman–Crippen LogP) is 4.91. The summed E-state index contributed by atoms with van der Waals surface area (Å²) in [6, 6.07) is 25.8. The molecule has 4 nitrogen and oxygen atoms in total. The van der Waals surface area contributed by atoms with Gasteiger partial charge in [-0.25, -0.2) is 10.2 Å². The summed E-state index contributed by atoms with van der Waals surface area (Å²) in [5, 5.41) is 7.63. The number of carbonyl (C=O) groups excluding carboxylic acids is 1. The summed E-state index contributed by atoms with van der Waals surface area (Å²) in [6.07, 6.45) is 0. The van der Waals surface area contributed by atoms with Gasteiger partial charge in [0, 0.05) is 21.8 Å². The molecular weight excluding hydrogens is 334 g/mol. The number of hydrogen-bond donors (Lipinski definition) is 2. The van der Waals surface area contributed by atoms with Crippen molar-refractivity contribution in [3.05, 3.63) is 101 Å². The standard InChI is InChI=1S/C20H16ClN3O/c21-17-11-13-18(14-12-17)22-20(25)24-23-19(15-7-3-1-4-8-15)16-9-5-2-6-10-16/h1-14H,(H2,22,24,25). The van der Waals surface area contributed by atoms with Crippen molar-refractivity contribution in [1.82, 2.24) is 5.43 Å².